The second-order valence-corrected chi connectivity index (χ2v) is 4.01. The molecule has 0 radical (unpaired) electrons. The van der Waals surface area contributed by atoms with Gasteiger partial charge in [0.2, 0.25) is 0 Å². The summed E-state index contributed by atoms with van der Waals surface area (Å²) in [7, 11) is 0. The van der Waals surface area contributed by atoms with Crippen LogP contribution in [-0.4, -0.2) is 0 Å². The maximum Gasteiger partial charge on any atom is 0.175 e. The van der Waals surface area contributed by atoms with Gasteiger partial charge in [-0.05, 0) is 18.2 Å². The van der Waals surface area contributed by atoms with E-state index in [9.17, 15) is 4.39 Å². The summed E-state index contributed by atoms with van der Waals surface area (Å²) in [4.78, 5) is 0. The minimum absolute atomic E-state index is 0.344. The lowest BCUT2D eigenvalue weighted by atomic mass is 10.2. The van der Waals surface area contributed by atoms with E-state index in [1.54, 1.807) is 30.6 Å². The summed E-state index contributed by atoms with van der Waals surface area (Å²) in [6.45, 7) is 0.546. The first-order valence-electron chi connectivity index (χ1n) is 5.02. The summed E-state index contributed by atoms with van der Waals surface area (Å²) in [5.41, 5.74) is 1.44. The third-order valence-corrected chi connectivity index (χ3v) is 2.74. The Morgan fingerprint density at radius 2 is 1.94 bits per heavy atom. The van der Waals surface area contributed by atoms with Crippen LogP contribution in [0.2, 0.25) is 5.02 Å². The Morgan fingerprint density at radius 1 is 1.24 bits per heavy atom. The first kappa shape index (κ1) is 11.6. The van der Waals surface area contributed by atoms with Crippen LogP contribution < -0.4 is 4.57 Å². The first-order chi connectivity index (χ1) is 8.19. The zero-order chi connectivity index (χ0) is 12.3. The Morgan fingerprint density at radius 3 is 2.53 bits per heavy atom. The average Bonchev–Trinajstić information content (AvgIpc) is 2.34. The Hall–Kier alpha value is -1.92. The molecule has 0 bridgehead atoms. The van der Waals surface area contributed by atoms with Crippen molar-refractivity contribution in [3.63, 3.8) is 0 Å². The van der Waals surface area contributed by atoms with E-state index in [1.807, 2.05) is 10.6 Å². The second-order valence-electron chi connectivity index (χ2n) is 3.61. The smallest absolute Gasteiger partial charge is 0.175 e. The van der Waals surface area contributed by atoms with Crippen molar-refractivity contribution in [3.8, 4) is 6.07 Å². The number of hydrogen-bond acceptors (Lipinski definition) is 1. The first-order valence-corrected chi connectivity index (χ1v) is 5.40. The molecule has 1 heterocycles. The van der Waals surface area contributed by atoms with E-state index < -0.39 is 0 Å². The number of hydrogen-bond donors (Lipinski definition) is 0. The maximum atomic E-state index is 12.9. The molecule has 0 fully saturated rings. The van der Waals surface area contributed by atoms with Gasteiger partial charge in [0, 0.05) is 17.7 Å². The van der Waals surface area contributed by atoms with Gasteiger partial charge in [0.1, 0.15) is 5.82 Å². The van der Waals surface area contributed by atoms with Gasteiger partial charge in [-0.15, -0.1) is 0 Å². The minimum atomic E-state index is -0.344. The molecule has 0 spiro atoms. The van der Waals surface area contributed by atoms with Crippen molar-refractivity contribution >= 4 is 11.6 Å². The highest BCUT2D eigenvalue weighted by atomic mass is 35.5. The van der Waals surface area contributed by atoms with Crippen LogP contribution in [0, 0.1) is 17.1 Å². The average molecular weight is 248 g/mol. The van der Waals surface area contributed by atoms with Crippen LogP contribution in [0.3, 0.4) is 0 Å². The molecule has 0 aliphatic carbocycles. The molecule has 0 atom stereocenters. The van der Waals surface area contributed by atoms with Gasteiger partial charge in [0.15, 0.2) is 18.9 Å². The van der Waals surface area contributed by atoms with Gasteiger partial charge in [-0.1, -0.05) is 11.6 Å². The van der Waals surface area contributed by atoms with E-state index in [0.717, 1.165) is 5.56 Å². The largest absolute Gasteiger partial charge is 0.207 e. The van der Waals surface area contributed by atoms with E-state index in [0.29, 0.717) is 17.1 Å². The molecular weight excluding hydrogens is 239 g/mol. The molecule has 0 aliphatic rings. The third kappa shape index (κ3) is 2.80. The SMILES string of the molecule is N#Cc1cc[n+](Cc2ccc(F)cc2Cl)cc1. The molecule has 17 heavy (non-hydrogen) atoms. The number of rotatable bonds is 2. The fourth-order valence-electron chi connectivity index (χ4n) is 1.48. The standard InChI is InChI=1S/C13H9ClFN2/c14-13-7-12(15)2-1-11(13)9-17-5-3-10(8-16)4-6-17/h1-7H,9H2/q+1. The molecular formula is C13H9ClFN2+. The molecule has 84 valence electrons. The molecule has 2 aromatic rings. The molecule has 0 saturated carbocycles. The maximum absolute atomic E-state index is 12.9. The molecule has 0 aliphatic heterocycles. The predicted octanol–water partition coefficient (Wildman–Crippen LogP) is 2.69. The van der Waals surface area contributed by atoms with Crippen LogP contribution in [0.5, 0.6) is 0 Å². The lowest BCUT2D eigenvalue weighted by molar-refractivity contribution is -0.688. The lowest BCUT2D eigenvalue weighted by Gasteiger charge is -2.00. The number of nitriles is 1. The summed E-state index contributed by atoms with van der Waals surface area (Å²) >= 11 is 5.93. The third-order valence-electron chi connectivity index (χ3n) is 2.39. The van der Waals surface area contributed by atoms with E-state index in [1.165, 1.54) is 12.1 Å². The van der Waals surface area contributed by atoms with Gasteiger partial charge in [0.05, 0.1) is 16.7 Å². The highest BCUT2D eigenvalue weighted by molar-refractivity contribution is 6.31. The van der Waals surface area contributed by atoms with Gasteiger partial charge < -0.3 is 0 Å². The Labute approximate surface area is 104 Å². The molecule has 2 nitrogen and oxygen atoms in total. The van der Waals surface area contributed by atoms with Gasteiger partial charge in [-0.2, -0.15) is 5.26 Å². The Bertz CT molecular complexity index is 573. The van der Waals surface area contributed by atoms with Crippen molar-refractivity contribution in [1.82, 2.24) is 0 Å². The van der Waals surface area contributed by atoms with E-state index in [-0.39, 0.29) is 5.82 Å². The number of pyridine rings is 1. The van der Waals surface area contributed by atoms with Crippen LogP contribution >= 0.6 is 11.6 Å². The van der Waals surface area contributed by atoms with Crippen molar-refractivity contribution in [2.45, 2.75) is 6.54 Å². The van der Waals surface area contributed by atoms with Gasteiger partial charge in [-0.25, -0.2) is 8.96 Å². The molecule has 0 saturated heterocycles. The van der Waals surface area contributed by atoms with Crippen LogP contribution in [0.4, 0.5) is 4.39 Å². The number of nitrogens with zero attached hydrogens (tertiary/aromatic N) is 2. The summed E-state index contributed by atoms with van der Waals surface area (Å²) in [6, 6.07) is 9.82. The molecule has 1 aromatic carbocycles. The quantitative estimate of drug-likeness (QED) is 0.750. The van der Waals surface area contributed by atoms with Crippen molar-refractivity contribution in [1.29, 1.82) is 5.26 Å². The lowest BCUT2D eigenvalue weighted by Crippen LogP contribution is -2.33. The van der Waals surface area contributed by atoms with Gasteiger partial charge in [-0.3, -0.25) is 0 Å². The molecule has 4 heteroatoms. The van der Waals surface area contributed by atoms with Gasteiger partial charge in [0.25, 0.3) is 0 Å². The zero-order valence-electron chi connectivity index (χ0n) is 8.90. The Balaban J connectivity index is 2.23. The van der Waals surface area contributed by atoms with Crippen LogP contribution in [-0.2, 0) is 6.54 Å². The Kier molecular flexibility index (Phi) is 3.36. The van der Waals surface area contributed by atoms with Crippen molar-refractivity contribution in [2.24, 2.45) is 0 Å². The minimum Gasteiger partial charge on any atom is -0.207 e. The normalized spacial score (nSPS) is 9.94. The summed E-state index contributed by atoms with van der Waals surface area (Å²) < 4.78 is 14.7. The topological polar surface area (TPSA) is 27.7 Å². The van der Waals surface area contributed by atoms with Crippen LogP contribution in [0.15, 0.2) is 42.7 Å². The monoisotopic (exact) mass is 247 g/mol. The molecule has 1 aromatic heterocycles. The fourth-order valence-corrected chi connectivity index (χ4v) is 1.71. The van der Waals surface area contributed by atoms with Crippen LogP contribution in [0.25, 0.3) is 0 Å². The summed E-state index contributed by atoms with van der Waals surface area (Å²) in [5, 5.41) is 9.08. The van der Waals surface area contributed by atoms with E-state index >= 15 is 0 Å². The zero-order valence-corrected chi connectivity index (χ0v) is 9.65. The van der Waals surface area contributed by atoms with Crippen LogP contribution in [0.1, 0.15) is 11.1 Å². The summed E-state index contributed by atoms with van der Waals surface area (Å²) in [5.74, 6) is -0.344. The fraction of sp³-hybridized carbons (Fsp3) is 0.0769. The highest BCUT2D eigenvalue weighted by Crippen LogP contribution is 2.16. The number of benzene rings is 1. The number of aromatic nitrogens is 1. The highest BCUT2D eigenvalue weighted by Gasteiger charge is 2.07. The molecule has 0 amide bonds. The molecule has 2 rings (SSSR count). The van der Waals surface area contributed by atoms with Crippen molar-refractivity contribution < 1.29 is 8.96 Å². The molecule has 0 unspecified atom stereocenters. The van der Waals surface area contributed by atoms with E-state index in [4.69, 9.17) is 16.9 Å². The number of halogens is 2. The van der Waals surface area contributed by atoms with Crippen molar-refractivity contribution in [2.75, 3.05) is 0 Å². The van der Waals surface area contributed by atoms with Crippen molar-refractivity contribution in [3.05, 3.63) is 64.7 Å². The molecule has 0 N–H and O–H groups in total. The van der Waals surface area contributed by atoms with Gasteiger partial charge >= 0.3 is 0 Å². The second kappa shape index (κ2) is 4.94. The van der Waals surface area contributed by atoms with E-state index in [2.05, 4.69) is 0 Å². The predicted molar refractivity (Wildman–Crippen MR) is 61.9 cm³/mol. The summed E-state index contributed by atoms with van der Waals surface area (Å²) in [6.07, 6.45) is 3.58.